The van der Waals surface area contributed by atoms with E-state index in [1.165, 1.54) is 12.1 Å². The first kappa shape index (κ1) is 13.4. The van der Waals surface area contributed by atoms with Crippen molar-refractivity contribution in [3.8, 4) is 0 Å². The van der Waals surface area contributed by atoms with Crippen LogP contribution in [0.3, 0.4) is 0 Å². The van der Waals surface area contributed by atoms with E-state index in [0.29, 0.717) is 11.1 Å². The van der Waals surface area contributed by atoms with Crippen LogP contribution in [0.5, 0.6) is 0 Å². The van der Waals surface area contributed by atoms with Crippen molar-refractivity contribution in [3.05, 3.63) is 48.0 Å². The zero-order valence-electron chi connectivity index (χ0n) is 9.55. The minimum atomic E-state index is -3.10. The van der Waals surface area contributed by atoms with Crippen molar-refractivity contribution in [2.75, 3.05) is 12.9 Å². The molecule has 0 spiro atoms. The molecule has 0 aliphatic rings. The Hall–Kier alpha value is -1.62. The minimum absolute atomic E-state index is 0.0877. The summed E-state index contributed by atoms with van der Waals surface area (Å²) in [5, 5.41) is 0. The van der Waals surface area contributed by atoms with Gasteiger partial charge in [0.15, 0.2) is 9.84 Å². The smallest absolute Gasteiger partial charge is 0.338 e. The summed E-state index contributed by atoms with van der Waals surface area (Å²) < 4.78 is 27.1. The van der Waals surface area contributed by atoms with Gasteiger partial charge in [0.25, 0.3) is 0 Å². The number of rotatable bonds is 5. The molecule has 0 radical (unpaired) electrons. The first-order chi connectivity index (χ1) is 7.92. The van der Waals surface area contributed by atoms with Gasteiger partial charge in [-0.1, -0.05) is 24.8 Å². The first-order valence-electron chi connectivity index (χ1n) is 4.97. The van der Waals surface area contributed by atoms with Gasteiger partial charge in [-0.15, -0.1) is 0 Å². The van der Waals surface area contributed by atoms with Crippen molar-refractivity contribution in [2.24, 2.45) is 0 Å². The molecular formula is C12H14O4S. The molecule has 1 rings (SSSR count). The van der Waals surface area contributed by atoms with Crippen LogP contribution in [0.1, 0.15) is 15.9 Å². The van der Waals surface area contributed by atoms with Crippen LogP contribution in [-0.4, -0.2) is 27.2 Å². The fourth-order valence-electron chi connectivity index (χ4n) is 1.31. The van der Waals surface area contributed by atoms with Crippen LogP contribution in [0.4, 0.5) is 0 Å². The molecule has 0 amide bonds. The Balaban J connectivity index is 2.85. The van der Waals surface area contributed by atoms with E-state index >= 15 is 0 Å². The zero-order chi connectivity index (χ0) is 12.9. The van der Waals surface area contributed by atoms with Gasteiger partial charge in [0.2, 0.25) is 0 Å². The summed E-state index contributed by atoms with van der Waals surface area (Å²) >= 11 is 0. The van der Waals surface area contributed by atoms with E-state index in [-0.39, 0.29) is 12.4 Å². The van der Waals surface area contributed by atoms with E-state index in [4.69, 9.17) is 4.74 Å². The monoisotopic (exact) mass is 254 g/mol. The summed E-state index contributed by atoms with van der Waals surface area (Å²) in [4.78, 5) is 11.5. The lowest BCUT2D eigenvalue weighted by Crippen LogP contribution is -2.07. The molecule has 0 aliphatic carbocycles. The molecule has 0 fully saturated rings. The van der Waals surface area contributed by atoms with Gasteiger partial charge in [-0.05, 0) is 17.7 Å². The summed E-state index contributed by atoms with van der Waals surface area (Å²) in [5.74, 6) is -0.574. The average Bonchev–Trinajstić information content (AvgIpc) is 2.24. The second kappa shape index (κ2) is 5.63. The summed E-state index contributed by atoms with van der Waals surface area (Å²) in [6.07, 6.45) is 2.62. The summed E-state index contributed by atoms with van der Waals surface area (Å²) in [7, 11) is -3.10. The number of carbonyl (C=O) groups is 1. The Bertz CT molecular complexity index is 517. The van der Waals surface area contributed by atoms with E-state index < -0.39 is 15.8 Å². The summed E-state index contributed by atoms with van der Waals surface area (Å²) in [6, 6.07) is 6.39. The third-order valence-electron chi connectivity index (χ3n) is 1.92. The maximum absolute atomic E-state index is 11.5. The number of benzene rings is 1. The Kier molecular flexibility index (Phi) is 4.45. The molecule has 0 aromatic heterocycles. The lowest BCUT2D eigenvalue weighted by atomic mass is 10.1. The standard InChI is InChI=1S/C12H14O4S/c1-3-7-16-12(13)11-6-4-5-10(8-11)9-17(2,14)15/h3-6,8H,1,7,9H2,2H3. The molecule has 0 saturated carbocycles. The highest BCUT2D eigenvalue weighted by Gasteiger charge is 2.09. The van der Waals surface area contributed by atoms with Gasteiger partial charge in [-0.2, -0.15) is 0 Å². The molecule has 0 N–H and O–H groups in total. The molecule has 0 saturated heterocycles. The van der Waals surface area contributed by atoms with E-state index in [1.54, 1.807) is 18.2 Å². The summed E-state index contributed by atoms with van der Waals surface area (Å²) in [6.45, 7) is 3.57. The molecule has 17 heavy (non-hydrogen) atoms. The van der Waals surface area contributed by atoms with Crippen LogP contribution in [0.15, 0.2) is 36.9 Å². The molecule has 1 aromatic carbocycles. The first-order valence-corrected chi connectivity index (χ1v) is 7.03. The maximum Gasteiger partial charge on any atom is 0.338 e. The molecule has 0 atom stereocenters. The SMILES string of the molecule is C=CCOC(=O)c1cccc(CS(C)(=O)=O)c1. The average molecular weight is 254 g/mol. The molecule has 0 bridgehead atoms. The number of hydrogen-bond donors (Lipinski definition) is 0. The highest BCUT2D eigenvalue weighted by Crippen LogP contribution is 2.09. The normalized spacial score (nSPS) is 10.9. The van der Waals surface area contributed by atoms with Crippen molar-refractivity contribution < 1.29 is 17.9 Å². The fourth-order valence-corrected chi connectivity index (χ4v) is 2.09. The van der Waals surface area contributed by atoms with Gasteiger partial charge in [0.1, 0.15) is 6.61 Å². The number of ether oxygens (including phenoxy) is 1. The number of carbonyl (C=O) groups excluding carboxylic acids is 1. The van der Waals surface area contributed by atoms with E-state index in [1.807, 2.05) is 0 Å². The highest BCUT2D eigenvalue weighted by atomic mass is 32.2. The van der Waals surface area contributed by atoms with Crippen molar-refractivity contribution >= 4 is 15.8 Å². The third kappa shape index (κ3) is 4.82. The number of sulfone groups is 1. The predicted octanol–water partition coefficient (Wildman–Crippen LogP) is 1.57. The summed E-state index contributed by atoms with van der Waals surface area (Å²) in [5.41, 5.74) is 0.911. The maximum atomic E-state index is 11.5. The van der Waals surface area contributed by atoms with Crippen molar-refractivity contribution in [1.29, 1.82) is 0 Å². The highest BCUT2D eigenvalue weighted by molar-refractivity contribution is 7.89. The lowest BCUT2D eigenvalue weighted by molar-refractivity contribution is 0.0549. The molecular weight excluding hydrogens is 240 g/mol. The Labute approximate surface area is 101 Å². The molecule has 0 unspecified atom stereocenters. The van der Waals surface area contributed by atoms with Gasteiger partial charge in [-0.3, -0.25) is 0 Å². The molecule has 5 heteroatoms. The fraction of sp³-hybridized carbons (Fsp3) is 0.250. The van der Waals surface area contributed by atoms with Gasteiger partial charge in [0, 0.05) is 6.26 Å². The molecule has 4 nitrogen and oxygen atoms in total. The van der Waals surface area contributed by atoms with Crippen molar-refractivity contribution in [3.63, 3.8) is 0 Å². The van der Waals surface area contributed by atoms with E-state index in [2.05, 4.69) is 6.58 Å². The van der Waals surface area contributed by atoms with Crippen LogP contribution in [0, 0.1) is 0 Å². The van der Waals surface area contributed by atoms with Crippen LogP contribution < -0.4 is 0 Å². The van der Waals surface area contributed by atoms with Crippen molar-refractivity contribution in [2.45, 2.75) is 5.75 Å². The molecule has 0 heterocycles. The van der Waals surface area contributed by atoms with E-state index in [0.717, 1.165) is 6.26 Å². The predicted molar refractivity (Wildman–Crippen MR) is 65.5 cm³/mol. The van der Waals surface area contributed by atoms with Crippen LogP contribution in [0.2, 0.25) is 0 Å². The van der Waals surface area contributed by atoms with Crippen LogP contribution in [0.25, 0.3) is 0 Å². The van der Waals surface area contributed by atoms with Gasteiger partial charge >= 0.3 is 5.97 Å². The van der Waals surface area contributed by atoms with Crippen LogP contribution in [-0.2, 0) is 20.3 Å². The molecule has 92 valence electrons. The zero-order valence-corrected chi connectivity index (χ0v) is 10.4. The molecule has 0 aliphatic heterocycles. The Morgan fingerprint density at radius 3 is 2.76 bits per heavy atom. The Morgan fingerprint density at radius 1 is 1.47 bits per heavy atom. The van der Waals surface area contributed by atoms with E-state index in [9.17, 15) is 13.2 Å². The number of hydrogen-bond acceptors (Lipinski definition) is 4. The number of esters is 1. The molecule has 1 aromatic rings. The van der Waals surface area contributed by atoms with Gasteiger partial charge in [-0.25, -0.2) is 13.2 Å². The minimum Gasteiger partial charge on any atom is -0.458 e. The van der Waals surface area contributed by atoms with Gasteiger partial charge < -0.3 is 4.74 Å². The van der Waals surface area contributed by atoms with Gasteiger partial charge in [0.05, 0.1) is 11.3 Å². The largest absolute Gasteiger partial charge is 0.458 e. The van der Waals surface area contributed by atoms with Crippen molar-refractivity contribution in [1.82, 2.24) is 0 Å². The van der Waals surface area contributed by atoms with Crippen LogP contribution >= 0.6 is 0 Å². The third-order valence-corrected chi connectivity index (χ3v) is 2.78. The topological polar surface area (TPSA) is 60.4 Å². The second-order valence-electron chi connectivity index (χ2n) is 3.66. The second-order valence-corrected chi connectivity index (χ2v) is 5.80. The Morgan fingerprint density at radius 2 is 2.18 bits per heavy atom. The quantitative estimate of drug-likeness (QED) is 0.591. The lowest BCUT2D eigenvalue weighted by Gasteiger charge is -2.04.